The maximum Gasteiger partial charge on any atom is 0.183 e. The first-order valence-corrected chi connectivity index (χ1v) is 3.98. The number of methoxy groups -OCH3 is 2. The quantitative estimate of drug-likeness (QED) is 0.783. The third-order valence-electron chi connectivity index (χ3n) is 1.49. The first kappa shape index (κ1) is 16.1. The summed E-state index contributed by atoms with van der Waals surface area (Å²) in [5.41, 5.74) is 0.693. The van der Waals surface area contributed by atoms with Crippen LogP contribution in [0.25, 0.3) is 0 Å². The van der Waals surface area contributed by atoms with E-state index in [-0.39, 0.29) is 24.8 Å². The van der Waals surface area contributed by atoms with Gasteiger partial charge in [0.2, 0.25) is 0 Å². The van der Waals surface area contributed by atoms with Crippen molar-refractivity contribution < 1.29 is 9.47 Å². The molecule has 1 rings (SSSR count). The van der Waals surface area contributed by atoms with E-state index >= 15 is 0 Å². The van der Waals surface area contributed by atoms with Gasteiger partial charge in [0.25, 0.3) is 0 Å². The highest BCUT2D eigenvalue weighted by Gasteiger charge is 2.08. The Labute approximate surface area is 101 Å². The Balaban J connectivity index is 0. The Morgan fingerprint density at radius 3 is 2.36 bits per heavy atom. The first-order chi connectivity index (χ1) is 5.83. The molecular formula is C8H12Cl3NO2. The molecule has 0 aliphatic rings. The number of rotatable bonds is 3. The molecule has 0 amide bonds. The number of aromatic nitrogens is 1. The molecule has 0 unspecified atom stereocenters. The summed E-state index contributed by atoms with van der Waals surface area (Å²) in [6.07, 6.45) is 1.64. The van der Waals surface area contributed by atoms with Gasteiger partial charge in [0.15, 0.2) is 11.5 Å². The van der Waals surface area contributed by atoms with E-state index in [0.29, 0.717) is 23.1 Å². The summed E-state index contributed by atoms with van der Waals surface area (Å²) in [6, 6.07) is 1.73. The van der Waals surface area contributed by atoms with Gasteiger partial charge in [0.05, 0.1) is 20.1 Å². The molecule has 0 spiro atoms. The second kappa shape index (κ2) is 7.97. The van der Waals surface area contributed by atoms with Crippen LogP contribution in [0.1, 0.15) is 5.69 Å². The van der Waals surface area contributed by atoms with Crippen LogP contribution >= 0.6 is 36.4 Å². The monoisotopic (exact) mass is 259 g/mol. The third kappa shape index (κ3) is 3.40. The van der Waals surface area contributed by atoms with Crippen molar-refractivity contribution in [1.29, 1.82) is 0 Å². The molecule has 0 radical (unpaired) electrons. The zero-order chi connectivity index (χ0) is 8.97. The summed E-state index contributed by atoms with van der Waals surface area (Å²) in [6.45, 7) is 0. The molecule has 1 heterocycles. The maximum atomic E-state index is 5.64. The van der Waals surface area contributed by atoms with Crippen LogP contribution in [0.4, 0.5) is 0 Å². The minimum atomic E-state index is 0. The number of ether oxygens (including phenoxy) is 2. The number of pyridine rings is 1. The van der Waals surface area contributed by atoms with Gasteiger partial charge in [-0.1, -0.05) is 0 Å². The number of alkyl halides is 1. The number of hydrogen-bond acceptors (Lipinski definition) is 3. The van der Waals surface area contributed by atoms with Crippen molar-refractivity contribution in [2.45, 2.75) is 5.88 Å². The van der Waals surface area contributed by atoms with Gasteiger partial charge >= 0.3 is 0 Å². The Morgan fingerprint density at radius 2 is 1.93 bits per heavy atom. The Kier molecular flexibility index (Phi) is 9.15. The average molecular weight is 261 g/mol. The first-order valence-electron chi connectivity index (χ1n) is 3.45. The molecule has 0 saturated carbocycles. The zero-order valence-corrected chi connectivity index (χ0v) is 10.2. The highest BCUT2D eigenvalue weighted by molar-refractivity contribution is 6.17. The maximum absolute atomic E-state index is 5.64. The molecule has 0 fully saturated rings. The predicted octanol–water partition coefficient (Wildman–Crippen LogP) is 2.68. The molecule has 3 nitrogen and oxygen atoms in total. The van der Waals surface area contributed by atoms with E-state index in [0.717, 1.165) is 0 Å². The van der Waals surface area contributed by atoms with Gasteiger partial charge in [-0.15, -0.1) is 36.4 Å². The Hall–Kier alpha value is -0.380. The number of nitrogens with zero attached hydrogens (tertiary/aromatic N) is 1. The summed E-state index contributed by atoms with van der Waals surface area (Å²) >= 11 is 5.64. The van der Waals surface area contributed by atoms with Gasteiger partial charge < -0.3 is 9.47 Å². The van der Waals surface area contributed by atoms with Crippen molar-refractivity contribution in [3.8, 4) is 11.5 Å². The minimum absolute atomic E-state index is 0. The number of halogens is 3. The average Bonchev–Trinajstić information content (AvgIpc) is 2.16. The van der Waals surface area contributed by atoms with E-state index in [1.807, 2.05) is 0 Å². The molecular weight excluding hydrogens is 248 g/mol. The summed E-state index contributed by atoms with van der Waals surface area (Å²) in [5.74, 6) is 1.58. The van der Waals surface area contributed by atoms with Crippen LogP contribution in [0.15, 0.2) is 12.3 Å². The van der Waals surface area contributed by atoms with Crippen molar-refractivity contribution >= 4 is 36.4 Å². The van der Waals surface area contributed by atoms with Crippen molar-refractivity contribution in [1.82, 2.24) is 4.98 Å². The van der Waals surface area contributed by atoms with E-state index in [9.17, 15) is 0 Å². The fraction of sp³-hybridized carbons (Fsp3) is 0.375. The van der Waals surface area contributed by atoms with Crippen LogP contribution in [0.5, 0.6) is 11.5 Å². The highest BCUT2D eigenvalue weighted by atomic mass is 35.5. The summed E-state index contributed by atoms with van der Waals surface area (Å²) in [4.78, 5) is 4.04. The molecule has 0 bridgehead atoms. The summed E-state index contributed by atoms with van der Waals surface area (Å²) in [7, 11) is 3.14. The molecule has 0 saturated heterocycles. The molecule has 1 aromatic heterocycles. The molecule has 6 heteroatoms. The third-order valence-corrected chi connectivity index (χ3v) is 1.75. The SMILES string of the molecule is COc1ccnc(CCl)c1OC.Cl.Cl. The molecule has 0 atom stereocenters. The molecule has 0 aliphatic carbocycles. The topological polar surface area (TPSA) is 31.4 Å². The van der Waals surface area contributed by atoms with Gasteiger partial charge in [0.1, 0.15) is 5.69 Å². The lowest BCUT2D eigenvalue weighted by molar-refractivity contribution is 0.350. The van der Waals surface area contributed by atoms with Gasteiger partial charge in [-0.05, 0) is 0 Å². The second-order valence-electron chi connectivity index (χ2n) is 2.13. The van der Waals surface area contributed by atoms with E-state index in [2.05, 4.69) is 4.98 Å². The van der Waals surface area contributed by atoms with Crippen LogP contribution in [0, 0.1) is 0 Å². The smallest absolute Gasteiger partial charge is 0.183 e. The normalized spacial score (nSPS) is 8.21. The molecule has 0 aromatic carbocycles. The largest absolute Gasteiger partial charge is 0.493 e. The molecule has 82 valence electrons. The zero-order valence-electron chi connectivity index (χ0n) is 7.82. The number of hydrogen-bond donors (Lipinski definition) is 0. The fourth-order valence-electron chi connectivity index (χ4n) is 0.946. The van der Waals surface area contributed by atoms with Gasteiger partial charge in [0, 0.05) is 12.3 Å². The fourth-order valence-corrected chi connectivity index (χ4v) is 1.14. The van der Waals surface area contributed by atoms with E-state index < -0.39 is 0 Å². The predicted molar refractivity (Wildman–Crippen MR) is 61.4 cm³/mol. The van der Waals surface area contributed by atoms with Crippen molar-refractivity contribution in [3.63, 3.8) is 0 Å². The molecule has 14 heavy (non-hydrogen) atoms. The lowest BCUT2D eigenvalue weighted by atomic mass is 10.3. The van der Waals surface area contributed by atoms with E-state index in [1.54, 1.807) is 26.5 Å². The van der Waals surface area contributed by atoms with Crippen LogP contribution in [-0.2, 0) is 5.88 Å². The van der Waals surface area contributed by atoms with E-state index in [4.69, 9.17) is 21.1 Å². The highest BCUT2D eigenvalue weighted by Crippen LogP contribution is 2.29. The Bertz CT molecular complexity index is 249. The second-order valence-corrected chi connectivity index (χ2v) is 2.39. The van der Waals surface area contributed by atoms with Crippen molar-refractivity contribution in [2.75, 3.05) is 14.2 Å². The van der Waals surface area contributed by atoms with E-state index in [1.165, 1.54) is 0 Å². The summed E-state index contributed by atoms with van der Waals surface area (Å²) < 4.78 is 10.1. The van der Waals surface area contributed by atoms with Gasteiger partial charge in [-0.2, -0.15) is 0 Å². The minimum Gasteiger partial charge on any atom is -0.493 e. The van der Waals surface area contributed by atoms with Crippen LogP contribution in [0.3, 0.4) is 0 Å². The molecule has 0 aliphatic heterocycles. The lowest BCUT2D eigenvalue weighted by Gasteiger charge is -2.08. The summed E-state index contributed by atoms with van der Waals surface area (Å²) in [5, 5.41) is 0. The van der Waals surface area contributed by atoms with Crippen molar-refractivity contribution in [3.05, 3.63) is 18.0 Å². The molecule has 0 N–H and O–H groups in total. The van der Waals surface area contributed by atoms with Crippen molar-refractivity contribution in [2.24, 2.45) is 0 Å². The standard InChI is InChI=1S/C8H10ClNO2.2ClH/c1-11-7-3-4-10-6(5-9)8(7)12-2;;/h3-4H,5H2,1-2H3;2*1H. The molecule has 1 aromatic rings. The van der Waals surface area contributed by atoms with Gasteiger partial charge in [-0.3, -0.25) is 4.98 Å². The van der Waals surface area contributed by atoms with Crippen LogP contribution < -0.4 is 9.47 Å². The lowest BCUT2D eigenvalue weighted by Crippen LogP contribution is -1.96. The Morgan fingerprint density at radius 1 is 1.29 bits per heavy atom. The van der Waals surface area contributed by atoms with Gasteiger partial charge in [-0.25, -0.2) is 0 Å². The van der Waals surface area contributed by atoms with Crippen LogP contribution in [-0.4, -0.2) is 19.2 Å². The van der Waals surface area contributed by atoms with Crippen LogP contribution in [0.2, 0.25) is 0 Å².